The van der Waals surface area contributed by atoms with Gasteiger partial charge in [-0.15, -0.1) is 0 Å². The molecule has 2 aromatic carbocycles. The number of carbonyl (C=O) groups is 4. The molecule has 3 amide bonds. The monoisotopic (exact) mass is 437 g/mol. The third-order valence-corrected chi connectivity index (χ3v) is 3.91. The molecule has 0 heterocycles. The smallest absolute Gasteiger partial charge is 0.338 e. The van der Waals surface area contributed by atoms with Crippen molar-refractivity contribution in [1.82, 2.24) is 0 Å². The molecule has 0 unspecified atom stereocenters. The molecule has 2 rings (SSSR count). The Hall–Kier alpha value is -3.10. The van der Waals surface area contributed by atoms with Gasteiger partial charge in [-0.25, -0.2) is 4.79 Å². The Morgan fingerprint density at radius 2 is 1.45 bits per heavy atom. The zero-order chi connectivity index (χ0) is 21.6. The van der Waals surface area contributed by atoms with Gasteiger partial charge in [0, 0.05) is 30.2 Å². The molecule has 29 heavy (non-hydrogen) atoms. The molecule has 2 aromatic rings. The summed E-state index contributed by atoms with van der Waals surface area (Å²) in [5.41, 5.74) is 0.881. The summed E-state index contributed by atoms with van der Waals surface area (Å²) in [6, 6.07) is 8.74. The van der Waals surface area contributed by atoms with Gasteiger partial charge in [0.15, 0.2) is 6.61 Å². The SMILES string of the molecule is CC(=O)Nc1cc(NC(C)=O)cc(C(=O)OCC(=O)Nc2cc(Cl)ccc2Cl)c1. The quantitative estimate of drug-likeness (QED) is 0.596. The van der Waals surface area contributed by atoms with Gasteiger partial charge >= 0.3 is 5.97 Å². The third-order valence-electron chi connectivity index (χ3n) is 3.35. The molecule has 0 spiro atoms. The number of hydrogen-bond donors (Lipinski definition) is 3. The molecular weight excluding hydrogens is 421 g/mol. The van der Waals surface area contributed by atoms with E-state index >= 15 is 0 Å². The van der Waals surface area contributed by atoms with Gasteiger partial charge in [-0.3, -0.25) is 14.4 Å². The first-order valence-electron chi connectivity index (χ1n) is 8.26. The third kappa shape index (κ3) is 7.10. The summed E-state index contributed by atoms with van der Waals surface area (Å²) >= 11 is 11.8. The molecule has 0 saturated carbocycles. The molecule has 0 aliphatic carbocycles. The van der Waals surface area contributed by atoms with E-state index in [1.54, 1.807) is 6.07 Å². The topological polar surface area (TPSA) is 114 Å². The van der Waals surface area contributed by atoms with Crippen LogP contribution in [-0.4, -0.2) is 30.3 Å². The van der Waals surface area contributed by atoms with Gasteiger partial charge in [0.2, 0.25) is 11.8 Å². The van der Waals surface area contributed by atoms with Crippen LogP contribution in [-0.2, 0) is 19.1 Å². The van der Waals surface area contributed by atoms with E-state index in [1.165, 1.54) is 44.2 Å². The zero-order valence-corrected chi connectivity index (χ0v) is 17.0. The maximum atomic E-state index is 12.3. The molecule has 8 nitrogen and oxygen atoms in total. The fourth-order valence-electron chi connectivity index (χ4n) is 2.29. The number of hydrogen-bond acceptors (Lipinski definition) is 5. The van der Waals surface area contributed by atoms with Crippen LogP contribution >= 0.6 is 23.2 Å². The minimum atomic E-state index is -0.823. The lowest BCUT2D eigenvalue weighted by Crippen LogP contribution is -2.21. The second-order valence-corrected chi connectivity index (χ2v) is 6.75. The van der Waals surface area contributed by atoms with Crippen molar-refractivity contribution in [1.29, 1.82) is 0 Å². The highest BCUT2D eigenvalue weighted by atomic mass is 35.5. The first kappa shape index (κ1) is 22.2. The van der Waals surface area contributed by atoms with E-state index in [-0.39, 0.29) is 39.5 Å². The molecule has 0 fully saturated rings. The highest BCUT2D eigenvalue weighted by Crippen LogP contribution is 2.25. The molecule has 0 bridgehead atoms. The Kier molecular flexibility index (Phi) is 7.58. The summed E-state index contributed by atoms with van der Waals surface area (Å²) < 4.78 is 5.00. The number of halogens is 2. The molecule has 0 saturated heterocycles. The molecule has 3 N–H and O–H groups in total. The van der Waals surface area contributed by atoms with Crippen LogP contribution in [0.1, 0.15) is 24.2 Å². The highest BCUT2D eigenvalue weighted by molar-refractivity contribution is 6.35. The van der Waals surface area contributed by atoms with Gasteiger partial charge in [0.05, 0.1) is 16.3 Å². The van der Waals surface area contributed by atoms with E-state index < -0.39 is 18.5 Å². The second kappa shape index (κ2) is 9.90. The van der Waals surface area contributed by atoms with Gasteiger partial charge in [0.1, 0.15) is 0 Å². The molecule has 0 aliphatic heterocycles. The van der Waals surface area contributed by atoms with Crippen LogP contribution in [0.2, 0.25) is 10.0 Å². The van der Waals surface area contributed by atoms with E-state index in [2.05, 4.69) is 16.0 Å². The fourth-order valence-corrected chi connectivity index (χ4v) is 2.63. The molecule has 152 valence electrons. The van der Waals surface area contributed by atoms with E-state index in [0.29, 0.717) is 5.02 Å². The first-order valence-corrected chi connectivity index (χ1v) is 9.02. The van der Waals surface area contributed by atoms with Crippen LogP contribution in [0.5, 0.6) is 0 Å². The van der Waals surface area contributed by atoms with Crippen molar-refractivity contribution < 1.29 is 23.9 Å². The van der Waals surface area contributed by atoms with Crippen LogP contribution in [0.4, 0.5) is 17.1 Å². The Morgan fingerprint density at radius 3 is 2.00 bits per heavy atom. The predicted octanol–water partition coefficient (Wildman–Crippen LogP) is 3.71. The van der Waals surface area contributed by atoms with Crippen molar-refractivity contribution in [3.05, 3.63) is 52.0 Å². The van der Waals surface area contributed by atoms with Crippen molar-refractivity contribution in [2.24, 2.45) is 0 Å². The lowest BCUT2D eigenvalue weighted by molar-refractivity contribution is -0.119. The van der Waals surface area contributed by atoms with Crippen molar-refractivity contribution >= 4 is 64.0 Å². The van der Waals surface area contributed by atoms with E-state index in [4.69, 9.17) is 27.9 Å². The van der Waals surface area contributed by atoms with Crippen molar-refractivity contribution in [2.75, 3.05) is 22.6 Å². The minimum Gasteiger partial charge on any atom is -0.452 e. The Bertz CT molecular complexity index is 944. The summed E-state index contributed by atoms with van der Waals surface area (Å²) in [7, 11) is 0. The van der Waals surface area contributed by atoms with Gasteiger partial charge in [-0.05, 0) is 36.4 Å². The standard InChI is InChI=1S/C19H17Cl2N3O5/c1-10(25)22-14-5-12(6-15(8-14)23-11(2)26)19(28)29-9-18(27)24-17-7-13(20)3-4-16(17)21/h3-8H,9H2,1-2H3,(H,22,25)(H,23,26)(H,24,27). The number of esters is 1. The molecule has 0 aliphatic rings. The van der Waals surface area contributed by atoms with Gasteiger partial charge in [0.25, 0.3) is 5.91 Å². The minimum absolute atomic E-state index is 0.0357. The molecule has 10 heteroatoms. The number of benzene rings is 2. The van der Waals surface area contributed by atoms with Crippen molar-refractivity contribution in [3.8, 4) is 0 Å². The molecule has 0 aromatic heterocycles. The van der Waals surface area contributed by atoms with Crippen LogP contribution in [0.3, 0.4) is 0 Å². The summed E-state index contributed by atoms with van der Waals surface area (Å²) in [5, 5.41) is 8.17. The number of carbonyl (C=O) groups excluding carboxylic acids is 4. The maximum absolute atomic E-state index is 12.3. The number of nitrogens with one attached hydrogen (secondary N) is 3. The van der Waals surface area contributed by atoms with Crippen molar-refractivity contribution in [2.45, 2.75) is 13.8 Å². The lowest BCUT2D eigenvalue weighted by Gasteiger charge is -2.11. The summed E-state index contributed by atoms with van der Waals surface area (Å²) in [6.07, 6.45) is 0. The van der Waals surface area contributed by atoms with E-state index in [1.807, 2.05) is 0 Å². The Morgan fingerprint density at radius 1 is 0.862 bits per heavy atom. The summed E-state index contributed by atoms with van der Waals surface area (Å²) in [6.45, 7) is 2.02. The Balaban J connectivity index is 2.08. The van der Waals surface area contributed by atoms with Crippen LogP contribution in [0.25, 0.3) is 0 Å². The first-order chi connectivity index (χ1) is 13.6. The number of anilines is 3. The summed E-state index contributed by atoms with van der Waals surface area (Å²) in [4.78, 5) is 46.9. The average Bonchev–Trinajstić information content (AvgIpc) is 2.61. The molecular formula is C19H17Cl2N3O5. The lowest BCUT2D eigenvalue weighted by atomic mass is 10.1. The Labute approximate surface area is 176 Å². The largest absolute Gasteiger partial charge is 0.452 e. The van der Waals surface area contributed by atoms with Gasteiger partial charge < -0.3 is 20.7 Å². The molecule has 0 atom stereocenters. The maximum Gasteiger partial charge on any atom is 0.338 e. The van der Waals surface area contributed by atoms with Crippen molar-refractivity contribution in [3.63, 3.8) is 0 Å². The zero-order valence-electron chi connectivity index (χ0n) is 15.5. The second-order valence-electron chi connectivity index (χ2n) is 5.91. The molecule has 0 radical (unpaired) electrons. The van der Waals surface area contributed by atoms with E-state index in [9.17, 15) is 19.2 Å². The number of amides is 3. The fraction of sp³-hybridized carbons (Fsp3) is 0.158. The highest BCUT2D eigenvalue weighted by Gasteiger charge is 2.14. The number of ether oxygens (including phenoxy) is 1. The average molecular weight is 438 g/mol. The number of rotatable bonds is 6. The predicted molar refractivity (Wildman–Crippen MR) is 110 cm³/mol. The van der Waals surface area contributed by atoms with Gasteiger partial charge in [-0.2, -0.15) is 0 Å². The van der Waals surface area contributed by atoms with E-state index in [0.717, 1.165) is 0 Å². The van der Waals surface area contributed by atoms with Gasteiger partial charge in [-0.1, -0.05) is 23.2 Å². The summed E-state index contributed by atoms with van der Waals surface area (Å²) in [5.74, 6) is -2.16. The normalized spacial score (nSPS) is 10.1. The van der Waals surface area contributed by atoms with Crippen LogP contribution in [0, 0.1) is 0 Å². The van der Waals surface area contributed by atoms with Crippen LogP contribution < -0.4 is 16.0 Å². The van der Waals surface area contributed by atoms with Crippen LogP contribution in [0.15, 0.2) is 36.4 Å².